The summed E-state index contributed by atoms with van der Waals surface area (Å²) in [6, 6.07) is 0. The second kappa shape index (κ2) is 25.7. The standard InChI is InChI=1S/C12H20O4.C9H14O4.C6H8O4/c1-3-5-7-9(11(13)14)10(12(15)16)8-6-4-2;1-3-4-5-7(9(11)12)6-8(10)13-2;1-9-5(7)3-4-6(8)10-2/h3-8H2,1-2H3,(H,13,14)(H,15,16);6H,3-5H2,1-2H3,(H,11,12);3-4H,1-2H3/b10-9-;;4-3-. The van der Waals surface area contributed by atoms with Gasteiger partial charge in [-0.05, 0) is 38.5 Å². The molecule has 12 heteroatoms. The van der Waals surface area contributed by atoms with Gasteiger partial charge in [0.2, 0.25) is 0 Å². The number of carbonyl (C=O) groups is 6. The fourth-order valence-corrected chi connectivity index (χ4v) is 2.56. The summed E-state index contributed by atoms with van der Waals surface area (Å²) in [5.41, 5.74) is 0.249. The van der Waals surface area contributed by atoms with E-state index in [4.69, 9.17) is 15.3 Å². The molecule has 12 nitrogen and oxygen atoms in total. The fraction of sp³-hybridized carbons (Fsp3) is 0.556. The van der Waals surface area contributed by atoms with Gasteiger partial charge in [-0.25, -0.2) is 28.8 Å². The maximum atomic E-state index is 11.0. The summed E-state index contributed by atoms with van der Waals surface area (Å²) in [4.78, 5) is 63.9. The quantitative estimate of drug-likeness (QED) is 0.148. The van der Waals surface area contributed by atoms with Gasteiger partial charge >= 0.3 is 35.8 Å². The minimum atomic E-state index is -1.10. The van der Waals surface area contributed by atoms with Gasteiger partial charge in [0.15, 0.2) is 0 Å². The molecule has 3 N–H and O–H groups in total. The van der Waals surface area contributed by atoms with Crippen LogP contribution < -0.4 is 0 Å². The van der Waals surface area contributed by atoms with Gasteiger partial charge in [0.25, 0.3) is 0 Å². The number of carboxylic acid groups (broad SMARTS) is 3. The molecular weight excluding hydrogens is 516 g/mol. The molecule has 39 heavy (non-hydrogen) atoms. The van der Waals surface area contributed by atoms with Gasteiger partial charge in [-0.1, -0.05) is 40.0 Å². The smallest absolute Gasteiger partial charge is 0.332 e. The Morgan fingerprint density at radius 2 is 0.872 bits per heavy atom. The van der Waals surface area contributed by atoms with E-state index in [0.717, 1.165) is 43.9 Å². The lowest BCUT2D eigenvalue weighted by Crippen LogP contribution is -2.11. The largest absolute Gasteiger partial charge is 0.478 e. The summed E-state index contributed by atoms with van der Waals surface area (Å²) in [5, 5.41) is 26.7. The zero-order valence-electron chi connectivity index (χ0n) is 23.6. The molecule has 0 rings (SSSR count). The van der Waals surface area contributed by atoms with Crippen LogP contribution >= 0.6 is 0 Å². The topological polar surface area (TPSA) is 191 Å². The Kier molecular flexibility index (Phi) is 26.0. The van der Waals surface area contributed by atoms with E-state index in [-0.39, 0.29) is 16.7 Å². The van der Waals surface area contributed by atoms with Crippen LogP contribution in [0.3, 0.4) is 0 Å². The highest BCUT2D eigenvalue weighted by atomic mass is 16.5. The van der Waals surface area contributed by atoms with Crippen molar-refractivity contribution in [1.29, 1.82) is 0 Å². The summed E-state index contributed by atoms with van der Waals surface area (Å²) >= 11 is 0. The van der Waals surface area contributed by atoms with Crippen LogP contribution in [-0.4, -0.2) is 72.5 Å². The van der Waals surface area contributed by atoms with Crippen molar-refractivity contribution >= 4 is 35.8 Å². The van der Waals surface area contributed by atoms with E-state index >= 15 is 0 Å². The number of hydrogen-bond acceptors (Lipinski definition) is 9. The Bertz CT molecular complexity index is 835. The second-order valence-corrected chi connectivity index (χ2v) is 7.76. The number of ether oxygens (including phenoxy) is 3. The first-order valence-corrected chi connectivity index (χ1v) is 12.4. The van der Waals surface area contributed by atoms with Crippen LogP contribution in [0.25, 0.3) is 0 Å². The summed E-state index contributed by atoms with van der Waals surface area (Å²) in [6.07, 6.45) is 8.90. The predicted molar refractivity (Wildman–Crippen MR) is 142 cm³/mol. The van der Waals surface area contributed by atoms with Crippen molar-refractivity contribution in [2.75, 3.05) is 21.3 Å². The van der Waals surface area contributed by atoms with Gasteiger partial charge in [0.05, 0.1) is 21.3 Å². The van der Waals surface area contributed by atoms with Gasteiger partial charge < -0.3 is 29.5 Å². The van der Waals surface area contributed by atoms with E-state index in [9.17, 15) is 28.8 Å². The van der Waals surface area contributed by atoms with Crippen molar-refractivity contribution in [3.8, 4) is 0 Å². The molecule has 0 fully saturated rings. The molecule has 0 aliphatic heterocycles. The molecule has 0 radical (unpaired) electrons. The number of carboxylic acids is 3. The summed E-state index contributed by atoms with van der Waals surface area (Å²) in [7, 11) is 3.67. The minimum absolute atomic E-state index is 0.0720. The van der Waals surface area contributed by atoms with E-state index in [0.29, 0.717) is 32.1 Å². The molecule has 222 valence electrons. The molecule has 0 aliphatic rings. The van der Waals surface area contributed by atoms with Crippen LogP contribution in [0.4, 0.5) is 0 Å². The molecule has 0 atom stereocenters. The van der Waals surface area contributed by atoms with Crippen molar-refractivity contribution in [3.05, 3.63) is 34.9 Å². The van der Waals surface area contributed by atoms with Crippen LogP contribution in [-0.2, 0) is 43.0 Å². The number of hydrogen-bond donors (Lipinski definition) is 3. The molecule has 0 spiro atoms. The van der Waals surface area contributed by atoms with Crippen LogP contribution in [0.2, 0.25) is 0 Å². The maximum Gasteiger partial charge on any atom is 0.332 e. The van der Waals surface area contributed by atoms with Crippen LogP contribution in [0, 0.1) is 0 Å². The summed E-state index contributed by atoms with van der Waals surface area (Å²) in [6.45, 7) is 5.86. The van der Waals surface area contributed by atoms with Gasteiger partial charge in [0.1, 0.15) is 0 Å². The highest BCUT2D eigenvalue weighted by molar-refractivity contribution is 5.98. The summed E-state index contributed by atoms with van der Waals surface area (Å²) < 4.78 is 12.8. The monoisotopic (exact) mass is 558 g/mol. The highest BCUT2D eigenvalue weighted by Gasteiger charge is 2.18. The SMILES string of the molecule is CCCC/C(C(=O)O)=C(\CCCC)C(=O)O.CCCCC(=CC(=O)OC)C(=O)O.COC(=O)/C=C\C(=O)OC. The Morgan fingerprint density at radius 1 is 0.538 bits per heavy atom. The third-order valence-electron chi connectivity index (χ3n) is 4.77. The molecule has 0 unspecified atom stereocenters. The Balaban J connectivity index is -0.000000513. The molecule has 0 saturated carbocycles. The Hall–Kier alpha value is -3.96. The Morgan fingerprint density at radius 3 is 1.13 bits per heavy atom. The molecule has 0 heterocycles. The normalized spacial score (nSPS) is 11.1. The van der Waals surface area contributed by atoms with Gasteiger partial charge in [0, 0.05) is 34.9 Å². The number of rotatable bonds is 15. The van der Waals surface area contributed by atoms with Crippen LogP contribution in [0.5, 0.6) is 0 Å². The van der Waals surface area contributed by atoms with Crippen LogP contribution in [0.15, 0.2) is 34.9 Å². The molecule has 0 saturated heterocycles. The van der Waals surface area contributed by atoms with E-state index in [1.54, 1.807) is 0 Å². The molecule has 0 aromatic heterocycles. The maximum absolute atomic E-state index is 11.0. The van der Waals surface area contributed by atoms with Crippen LogP contribution in [0.1, 0.15) is 78.6 Å². The van der Waals surface area contributed by atoms with E-state index < -0.39 is 35.8 Å². The molecule has 0 amide bonds. The number of aliphatic carboxylic acids is 3. The number of unbranched alkanes of at least 4 members (excludes halogenated alkanes) is 3. The number of esters is 3. The minimum Gasteiger partial charge on any atom is -0.478 e. The average molecular weight is 559 g/mol. The van der Waals surface area contributed by atoms with E-state index in [1.165, 1.54) is 21.3 Å². The van der Waals surface area contributed by atoms with Gasteiger partial charge in [-0.15, -0.1) is 0 Å². The molecule has 0 aliphatic carbocycles. The van der Waals surface area contributed by atoms with Crippen molar-refractivity contribution in [2.45, 2.75) is 78.6 Å². The zero-order valence-corrected chi connectivity index (χ0v) is 23.6. The van der Waals surface area contributed by atoms with Crippen molar-refractivity contribution in [1.82, 2.24) is 0 Å². The van der Waals surface area contributed by atoms with E-state index in [1.807, 2.05) is 20.8 Å². The van der Waals surface area contributed by atoms with Crippen molar-refractivity contribution in [2.24, 2.45) is 0 Å². The first-order chi connectivity index (χ1) is 18.4. The lowest BCUT2D eigenvalue weighted by atomic mass is 9.98. The Labute approximate surface area is 229 Å². The third-order valence-corrected chi connectivity index (χ3v) is 4.77. The average Bonchev–Trinajstić information content (AvgIpc) is 2.91. The fourth-order valence-electron chi connectivity index (χ4n) is 2.56. The second-order valence-electron chi connectivity index (χ2n) is 7.76. The molecule has 0 aromatic rings. The predicted octanol–water partition coefficient (Wildman–Crippen LogP) is 4.08. The first kappa shape index (κ1) is 39.6. The van der Waals surface area contributed by atoms with Gasteiger partial charge in [-0.2, -0.15) is 0 Å². The van der Waals surface area contributed by atoms with Crippen molar-refractivity contribution < 1.29 is 58.3 Å². The lowest BCUT2D eigenvalue weighted by molar-refractivity contribution is -0.137. The zero-order chi connectivity index (χ0) is 30.8. The number of carbonyl (C=O) groups excluding carboxylic acids is 3. The molecular formula is C27H42O12. The summed E-state index contributed by atoms with van der Waals surface area (Å²) in [5.74, 6) is -5.02. The third kappa shape index (κ3) is 22.9. The lowest BCUT2D eigenvalue weighted by Gasteiger charge is -2.08. The van der Waals surface area contributed by atoms with E-state index in [2.05, 4.69) is 14.2 Å². The first-order valence-electron chi connectivity index (χ1n) is 12.4. The van der Waals surface area contributed by atoms with Gasteiger partial charge in [-0.3, -0.25) is 0 Å². The highest BCUT2D eigenvalue weighted by Crippen LogP contribution is 2.18. The van der Waals surface area contributed by atoms with Crippen molar-refractivity contribution in [3.63, 3.8) is 0 Å². The molecule has 0 aromatic carbocycles. The molecule has 0 bridgehead atoms. The number of methoxy groups -OCH3 is 3.